The second kappa shape index (κ2) is 3.06. The first-order chi connectivity index (χ1) is 7.75. The minimum atomic E-state index is 0.609. The molecule has 0 aliphatic carbocycles. The van der Waals surface area contributed by atoms with Crippen LogP contribution < -0.4 is 5.73 Å². The Morgan fingerprint density at radius 1 is 1.31 bits per heavy atom. The molecule has 3 heterocycles. The van der Waals surface area contributed by atoms with E-state index in [1.807, 2.05) is 6.92 Å². The van der Waals surface area contributed by atoms with E-state index in [2.05, 4.69) is 15.2 Å². The van der Waals surface area contributed by atoms with Gasteiger partial charge < -0.3 is 10.2 Å². The summed E-state index contributed by atoms with van der Waals surface area (Å²) in [5.74, 6) is 1.22. The molecule has 0 fully saturated rings. The number of pyridine rings is 1. The third-order valence-electron chi connectivity index (χ3n) is 2.37. The highest BCUT2D eigenvalue weighted by Gasteiger charge is 2.14. The molecule has 0 spiro atoms. The highest BCUT2D eigenvalue weighted by Crippen LogP contribution is 2.21. The maximum absolute atomic E-state index is 5.72. The number of hydrogen-bond donors (Lipinski definition) is 1. The molecule has 6 nitrogen and oxygen atoms in total. The molecule has 3 rings (SSSR count). The lowest BCUT2D eigenvalue weighted by molar-refractivity contribution is 0.566. The van der Waals surface area contributed by atoms with Crippen molar-refractivity contribution in [3.8, 4) is 11.6 Å². The van der Waals surface area contributed by atoms with E-state index >= 15 is 0 Å². The number of hydrogen-bond acceptors (Lipinski definition) is 5. The van der Waals surface area contributed by atoms with Crippen LogP contribution in [0.4, 0.5) is 5.69 Å². The lowest BCUT2D eigenvalue weighted by Crippen LogP contribution is -1.93. The molecule has 0 radical (unpaired) electrons. The summed E-state index contributed by atoms with van der Waals surface area (Å²) in [4.78, 5) is 4.02. The molecule has 0 amide bonds. The van der Waals surface area contributed by atoms with Crippen molar-refractivity contribution in [1.82, 2.24) is 19.6 Å². The molecule has 0 unspecified atom stereocenters. The Hall–Kier alpha value is -2.37. The maximum atomic E-state index is 5.72. The van der Waals surface area contributed by atoms with Crippen LogP contribution in [0.5, 0.6) is 0 Å². The standard InChI is InChI=1S/C10H9N5O/c1-6-9(16-5-12-6)10-14-13-8-3-2-7(11)4-15(8)10/h2-5H,11H2,1H3. The minimum absolute atomic E-state index is 0.609. The van der Waals surface area contributed by atoms with Gasteiger partial charge in [-0.2, -0.15) is 0 Å². The fraction of sp³-hybridized carbons (Fsp3) is 0.100. The minimum Gasteiger partial charge on any atom is -0.440 e. The summed E-state index contributed by atoms with van der Waals surface area (Å²) >= 11 is 0. The van der Waals surface area contributed by atoms with Crippen LogP contribution in [-0.4, -0.2) is 19.6 Å². The van der Waals surface area contributed by atoms with Crippen LogP contribution in [0.15, 0.2) is 29.1 Å². The summed E-state index contributed by atoms with van der Waals surface area (Å²) in [5.41, 5.74) is 7.86. The SMILES string of the molecule is Cc1ncoc1-c1nnc2ccc(N)cn12. The molecule has 3 aromatic rings. The number of nitrogens with zero attached hydrogens (tertiary/aromatic N) is 4. The van der Waals surface area contributed by atoms with E-state index < -0.39 is 0 Å². The number of rotatable bonds is 1. The zero-order valence-corrected chi connectivity index (χ0v) is 8.58. The maximum Gasteiger partial charge on any atom is 0.206 e. The van der Waals surface area contributed by atoms with E-state index in [9.17, 15) is 0 Å². The Kier molecular flexibility index (Phi) is 1.70. The molecule has 2 N–H and O–H groups in total. The second-order valence-electron chi connectivity index (χ2n) is 3.48. The molecule has 0 saturated carbocycles. The fourth-order valence-corrected chi connectivity index (χ4v) is 1.58. The number of nitrogen functional groups attached to an aromatic ring is 1. The number of nitrogens with two attached hydrogens (primary N) is 1. The van der Waals surface area contributed by atoms with Gasteiger partial charge in [0.05, 0.1) is 5.69 Å². The normalized spacial score (nSPS) is 11.1. The predicted molar refractivity (Wildman–Crippen MR) is 57.6 cm³/mol. The number of fused-ring (bicyclic) bond motifs is 1. The van der Waals surface area contributed by atoms with Crippen molar-refractivity contribution in [3.63, 3.8) is 0 Å². The molecule has 0 atom stereocenters. The summed E-state index contributed by atoms with van der Waals surface area (Å²) in [6.07, 6.45) is 3.14. The van der Waals surface area contributed by atoms with Gasteiger partial charge in [-0.1, -0.05) is 0 Å². The van der Waals surface area contributed by atoms with E-state index in [1.165, 1.54) is 6.39 Å². The van der Waals surface area contributed by atoms with Gasteiger partial charge in [-0.05, 0) is 19.1 Å². The van der Waals surface area contributed by atoms with E-state index in [0.29, 0.717) is 17.3 Å². The van der Waals surface area contributed by atoms with E-state index in [-0.39, 0.29) is 0 Å². The van der Waals surface area contributed by atoms with Crippen LogP contribution >= 0.6 is 0 Å². The molecular formula is C10H9N5O. The molecule has 80 valence electrons. The highest BCUT2D eigenvalue weighted by atomic mass is 16.3. The smallest absolute Gasteiger partial charge is 0.206 e. The van der Waals surface area contributed by atoms with Crippen LogP contribution in [0.2, 0.25) is 0 Å². The summed E-state index contributed by atoms with van der Waals surface area (Å²) in [6, 6.07) is 3.58. The Labute approximate surface area is 90.7 Å². The molecular weight excluding hydrogens is 206 g/mol. The molecule has 0 aliphatic heterocycles. The third-order valence-corrected chi connectivity index (χ3v) is 2.37. The third kappa shape index (κ3) is 1.16. The van der Waals surface area contributed by atoms with Crippen molar-refractivity contribution in [2.24, 2.45) is 0 Å². The van der Waals surface area contributed by atoms with Crippen LogP contribution in [0, 0.1) is 6.92 Å². The molecule has 3 aromatic heterocycles. The van der Waals surface area contributed by atoms with Gasteiger partial charge in [0.1, 0.15) is 0 Å². The predicted octanol–water partition coefficient (Wildman–Crippen LogP) is 1.27. The van der Waals surface area contributed by atoms with Crippen molar-refractivity contribution >= 4 is 11.3 Å². The van der Waals surface area contributed by atoms with Crippen molar-refractivity contribution in [2.45, 2.75) is 6.92 Å². The van der Waals surface area contributed by atoms with E-state index in [0.717, 1.165) is 11.3 Å². The van der Waals surface area contributed by atoms with Gasteiger partial charge in [0.25, 0.3) is 0 Å². The Balaban J connectivity index is 2.32. The van der Waals surface area contributed by atoms with Gasteiger partial charge in [0.15, 0.2) is 17.8 Å². The number of anilines is 1. The molecule has 6 heteroatoms. The van der Waals surface area contributed by atoms with Gasteiger partial charge in [-0.3, -0.25) is 4.40 Å². The summed E-state index contributed by atoms with van der Waals surface area (Å²) in [6.45, 7) is 1.85. The zero-order chi connectivity index (χ0) is 11.1. The van der Waals surface area contributed by atoms with Gasteiger partial charge in [-0.25, -0.2) is 4.98 Å². The first kappa shape index (κ1) is 8.90. The monoisotopic (exact) mass is 215 g/mol. The first-order valence-corrected chi connectivity index (χ1v) is 4.76. The van der Waals surface area contributed by atoms with Crippen molar-refractivity contribution in [2.75, 3.05) is 5.73 Å². The number of aromatic nitrogens is 4. The Bertz CT molecular complexity index is 654. The lowest BCUT2D eigenvalue weighted by Gasteiger charge is -1.98. The largest absolute Gasteiger partial charge is 0.440 e. The van der Waals surface area contributed by atoms with Crippen molar-refractivity contribution < 1.29 is 4.42 Å². The Morgan fingerprint density at radius 2 is 2.19 bits per heavy atom. The molecule has 0 aliphatic rings. The summed E-state index contributed by atoms with van der Waals surface area (Å²) in [5, 5.41) is 8.09. The zero-order valence-electron chi connectivity index (χ0n) is 8.58. The summed E-state index contributed by atoms with van der Waals surface area (Å²) in [7, 11) is 0. The van der Waals surface area contributed by atoms with Crippen LogP contribution in [0.1, 0.15) is 5.69 Å². The van der Waals surface area contributed by atoms with Crippen molar-refractivity contribution in [3.05, 3.63) is 30.4 Å². The molecule has 0 aromatic carbocycles. The van der Waals surface area contributed by atoms with Crippen molar-refractivity contribution in [1.29, 1.82) is 0 Å². The van der Waals surface area contributed by atoms with Gasteiger partial charge in [0, 0.05) is 11.9 Å². The van der Waals surface area contributed by atoms with Gasteiger partial charge in [0.2, 0.25) is 5.82 Å². The van der Waals surface area contributed by atoms with Crippen LogP contribution in [-0.2, 0) is 0 Å². The van der Waals surface area contributed by atoms with Gasteiger partial charge >= 0.3 is 0 Å². The number of aryl methyl sites for hydroxylation is 1. The topological polar surface area (TPSA) is 82.2 Å². The van der Waals surface area contributed by atoms with Crippen LogP contribution in [0.3, 0.4) is 0 Å². The molecule has 0 saturated heterocycles. The van der Waals surface area contributed by atoms with E-state index in [1.54, 1.807) is 22.7 Å². The quantitative estimate of drug-likeness (QED) is 0.661. The summed E-state index contributed by atoms with van der Waals surface area (Å²) < 4.78 is 7.06. The van der Waals surface area contributed by atoms with Gasteiger partial charge in [-0.15, -0.1) is 10.2 Å². The highest BCUT2D eigenvalue weighted by molar-refractivity contribution is 5.58. The Morgan fingerprint density at radius 3 is 2.94 bits per heavy atom. The van der Waals surface area contributed by atoms with E-state index in [4.69, 9.17) is 10.2 Å². The molecule has 16 heavy (non-hydrogen) atoms. The molecule has 0 bridgehead atoms. The fourth-order valence-electron chi connectivity index (χ4n) is 1.58. The lowest BCUT2D eigenvalue weighted by atomic mass is 10.3. The van der Waals surface area contributed by atoms with Crippen LogP contribution in [0.25, 0.3) is 17.2 Å². The second-order valence-corrected chi connectivity index (χ2v) is 3.48. The first-order valence-electron chi connectivity index (χ1n) is 4.76. The number of oxazole rings is 1. The average Bonchev–Trinajstić information content (AvgIpc) is 2.83. The average molecular weight is 215 g/mol.